The molecule has 4 heteroatoms. The average molecular weight is 255 g/mol. The minimum atomic E-state index is -0.637. The number of ether oxygens (including phenoxy) is 1. The van der Waals surface area contributed by atoms with Crippen LogP contribution in [-0.2, 0) is 9.53 Å². The van der Waals surface area contributed by atoms with Crippen LogP contribution in [0.3, 0.4) is 0 Å². The van der Waals surface area contributed by atoms with Gasteiger partial charge in [0.2, 0.25) is 0 Å². The van der Waals surface area contributed by atoms with Crippen LogP contribution in [0.25, 0.3) is 0 Å². The van der Waals surface area contributed by atoms with Crippen molar-refractivity contribution in [1.29, 1.82) is 0 Å². The number of hydrogen-bond donors (Lipinski definition) is 1. The van der Waals surface area contributed by atoms with Crippen molar-refractivity contribution in [1.82, 2.24) is 4.90 Å². The zero-order chi connectivity index (χ0) is 13.1. The van der Waals surface area contributed by atoms with Gasteiger partial charge in [0.25, 0.3) is 0 Å². The van der Waals surface area contributed by atoms with Crippen molar-refractivity contribution in [2.45, 2.75) is 64.1 Å². The van der Waals surface area contributed by atoms with Crippen molar-refractivity contribution in [2.24, 2.45) is 5.92 Å². The molecule has 4 unspecified atom stereocenters. The van der Waals surface area contributed by atoms with Gasteiger partial charge < -0.3 is 9.84 Å². The van der Waals surface area contributed by atoms with Gasteiger partial charge in [-0.2, -0.15) is 0 Å². The van der Waals surface area contributed by atoms with Gasteiger partial charge in [-0.15, -0.1) is 0 Å². The fraction of sp³-hybridized carbons (Fsp3) is 0.929. The predicted octanol–water partition coefficient (Wildman–Crippen LogP) is 2.13. The van der Waals surface area contributed by atoms with E-state index >= 15 is 0 Å². The molecule has 18 heavy (non-hydrogen) atoms. The molecule has 0 aromatic heterocycles. The van der Waals surface area contributed by atoms with E-state index in [1.807, 2.05) is 0 Å². The lowest BCUT2D eigenvalue weighted by molar-refractivity contribution is -0.142. The van der Waals surface area contributed by atoms with Crippen LogP contribution in [-0.4, -0.2) is 47.3 Å². The lowest BCUT2D eigenvalue weighted by Gasteiger charge is -2.38. The maximum atomic E-state index is 11.2. The molecule has 4 nitrogen and oxygen atoms in total. The SMILES string of the molecule is CCCC1CC(N2CCC(C(=O)O)C2C)CCO1. The summed E-state index contributed by atoms with van der Waals surface area (Å²) < 4.78 is 5.77. The largest absolute Gasteiger partial charge is 0.481 e. The molecule has 2 heterocycles. The molecule has 0 radical (unpaired) electrons. The van der Waals surface area contributed by atoms with E-state index in [-0.39, 0.29) is 12.0 Å². The molecule has 0 aliphatic carbocycles. The number of carboxylic acid groups (broad SMARTS) is 1. The zero-order valence-electron chi connectivity index (χ0n) is 11.5. The van der Waals surface area contributed by atoms with Crippen LogP contribution in [0.2, 0.25) is 0 Å². The molecule has 1 N–H and O–H groups in total. The highest BCUT2D eigenvalue weighted by Crippen LogP contribution is 2.31. The molecule has 0 saturated carbocycles. The highest BCUT2D eigenvalue weighted by Gasteiger charge is 2.40. The molecule has 104 valence electrons. The normalized spacial score (nSPS) is 37.9. The molecule has 2 aliphatic rings. The van der Waals surface area contributed by atoms with Gasteiger partial charge in [-0.05, 0) is 39.2 Å². The van der Waals surface area contributed by atoms with Gasteiger partial charge >= 0.3 is 5.97 Å². The van der Waals surface area contributed by atoms with Crippen molar-refractivity contribution in [3.63, 3.8) is 0 Å². The summed E-state index contributed by atoms with van der Waals surface area (Å²) in [7, 11) is 0. The summed E-state index contributed by atoms with van der Waals surface area (Å²) in [5.74, 6) is -0.820. The number of carbonyl (C=O) groups is 1. The van der Waals surface area contributed by atoms with Crippen LogP contribution in [0.5, 0.6) is 0 Å². The summed E-state index contributed by atoms with van der Waals surface area (Å²) in [6, 6.07) is 0.697. The van der Waals surface area contributed by atoms with Crippen molar-refractivity contribution in [3.8, 4) is 0 Å². The van der Waals surface area contributed by atoms with Crippen LogP contribution in [0, 0.1) is 5.92 Å². The minimum absolute atomic E-state index is 0.174. The third kappa shape index (κ3) is 2.86. The first-order valence-corrected chi connectivity index (χ1v) is 7.23. The van der Waals surface area contributed by atoms with Gasteiger partial charge in [0.1, 0.15) is 0 Å². The van der Waals surface area contributed by atoms with Crippen molar-refractivity contribution >= 4 is 5.97 Å². The second-order valence-electron chi connectivity index (χ2n) is 5.67. The van der Waals surface area contributed by atoms with E-state index in [2.05, 4.69) is 18.7 Å². The number of hydrogen-bond acceptors (Lipinski definition) is 3. The highest BCUT2D eigenvalue weighted by atomic mass is 16.5. The topological polar surface area (TPSA) is 49.8 Å². The molecule has 2 rings (SSSR count). The fourth-order valence-electron chi connectivity index (χ4n) is 3.49. The van der Waals surface area contributed by atoms with E-state index in [0.29, 0.717) is 12.1 Å². The summed E-state index contributed by atoms with van der Waals surface area (Å²) in [6.07, 6.45) is 5.59. The predicted molar refractivity (Wildman–Crippen MR) is 69.6 cm³/mol. The van der Waals surface area contributed by atoms with Gasteiger partial charge in [-0.25, -0.2) is 0 Å². The van der Waals surface area contributed by atoms with Crippen molar-refractivity contribution in [2.75, 3.05) is 13.2 Å². The lowest BCUT2D eigenvalue weighted by atomic mass is 9.97. The van der Waals surface area contributed by atoms with Crippen LogP contribution in [0.15, 0.2) is 0 Å². The molecule has 2 saturated heterocycles. The van der Waals surface area contributed by atoms with E-state index in [1.54, 1.807) is 0 Å². The number of nitrogens with zero attached hydrogens (tertiary/aromatic N) is 1. The minimum Gasteiger partial charge on any atom is -0.481 e. The smallest absolute Gasteiger partial charge is 0.308 e. The summed E-state index contributed by atoms with van der Waals surface area (Å²) in [4.78, 5) is 13.6. The quantitative estimate of drug-likeness (QED) is 0.836. The number of likely N-dealkylation sites (tertiary alicyclic amines) is 1. The molecule has 0 aromatic rings. The number of aliphatic carboxylic acids is 1. The van der Waals surface area contributed by atoms with E-state index in [9.17, 15) is 9.90 Å². The first-order valence-electron chi connectivity index (χ1n) is 7.23. The Hall–Kier alpha value is -0.610. The van der Waals surface area contributed by atoms with Gasteiger partial charge in [-0.3, -0.25) is 9.69 Å². The van der Waals surface area contributed by atoms with Gasteiger partial charge in [0.05, 0.1) is 12.0 Å². The zero-order valence-corrected chi connectivity index (χ0v) is 11.5. The van der Waals surface area contributed by atoms with Crippen LogP contribution in [0.1, 0.15) is 46.0 Å². The molecule has 4 atom stereocenters. The summed E-state index contributed by atoms with van der Waals surface area (Å²) in [6.45, 7) is 6.01. The van der Waals surface area contributed by atoms with Crippen molar-refractivity contribution in [3.05, 3.63) is 0 Å². The first kappa shape index (κ1) is 13.8. The molecule has 0 amide bonds. The molecular formula is C14H25NO3. The van der Waals surface area contributed by atoms with Gasteiger partial charge in [0.15, 0.2) is 0 Å². The Bertz CT molecular complexity index is 293. The molecule has 0 spiro atoms. The summed E-state index contributed by atoms with van der Waals surface area (Å²) in [5, 5.41) is 9.18. The van der Waals surface area contributed by atoms with Gasteiger partial charge in [-0.1, -0.05) is 13.3 Å². The van der Waals surface area contributed by atoms with E-state index < -0.39 is 5.97 Å². The monoisotopic (exact) mass is 255 g/mol. The number of carboxylic acids is 1. The molecule has 0 aromatic carbocycles. The van der Waals surface area contributed by atoms with E-state index in [4.69, 9.17) is 4.74 Å². The van der Waals surface area contributed by atoms with Gasteiger partial charge in [0, 0.05) is 18.7 Å². The maximum Gasteiger partial charge on any atom is 0.308 e. The second kappa shape index (κ2) is 6.02. The second-order valence-corrected chi connectivity index (χ2v) is 5.67. The first-order chi connectivity index (χ1) is 8.63. The Morgan fingerprint density at radius 3 is 2.83 bits per heavy atom. The van der Waals surface area contributed by atoms with Crippen LogP contribution in [0.4, 0.5) is 0 Å². The summed E-state index contributed by atoms with van der Waals surface area (Å²) >= 11 is 0. The third-order valence-corrected chi connectivity index (χ3v) is 4.54. The van der Waals surface area contributed by atoms with E-state index in [0.717, 1.165) is 45.3 Å². The lowest BCUT2D eigenvalue weighted by Crippen LogP contribution is -2.45. The van der Waals surface area contributed by atoms with Crippen LogP contribution < -0.4 is 0 Å². The molecule has 2 aliphatic heterocycles. The average Bonchev–Trinajstić information content (AvgIpc) is 2.72. The standard InChI is InChI=1S/C14H25NO3/c1-3-4-12-9-11(6-8-18-12)15-7-5-13(10(15)2)14(16)17/h10-13H,3-9H2,1-2H3,(H,16,17). The van der Waals surface area contributed by atoms with Crippen LogP contribution >= 0.6 is 0 Å². The maximum absolute atomic E-state index is 11.2. The Balaban J connectivity index is 1.93. The Morgan fingerprint density at radius 1 is 1.44 bits per heavy atom. The fourth-order valence-corrected chi connectivity index (χ4v) is 3.49. The van der Waals surface area contributed by atoms with Crippen molar-refractivity contribution < 1.29 is 14.6 Å². The Labute approximate surface area is 109 Å². The molecule has 2 fully saturated rings. The highest BCUT2D eigenvalue weighted by molar-refractivity contribution is 5.71. The Morgan fingerprint density at radius 2 is 2.22 bits per heavy atom. The summed E-state index contributed by atoms with van der Waals surface area (Å²) in [5.41, 5.74) is 0. The number of rotatable bonds is 4. The molecule has 0 bridgehead atoms. The molecular weight excluding hydrogens is 230 g/mol. The third-order valence-electron chi connectivity index (χ3n) is 4.54. The van der Waals surface area contributed by atoms with E-state index in [1.165, 1.54) is 0 Å². The Kier molecular flexibility index (Phi) is 4.62.